The Morgan fingerprint density at radius 1 is 0.857 bits per heavy atom. The van der Waals surface area contributed by atoms with E-state index in [1.165, 1.54) is 41.2 Å². The van der Waals surface area contributed by atoms with Crippen molar-refractivity contribution < 1.29 is 4.79 Å². The Hall–Kier alpha value is -2.35. The van der Waals surface area contributed by atoms with Crippen LogP contribution in [0.4, 0.5) is 0 Å². The molecule has 4 rings (SSSR count). The average Bonchev–Trinajstić information content (AvgIpc) is 3.46. The molecule has 2 aromatic carbocycles. The van der Waals surface area contributed by atoms with Crippen molar-refractivity contribution in [2.45, 2.75) is 69.6 Å². The molecule has 2 heteroatoms. The third-order valence-electron chi connectivity index (χ3n) is 7.06. The third kappa shape index (κ3) is 3.09. The molecule has 0 aliphatic heterocycles. The van der Waals surface area contributed by atoms with Crippen molar-refractivity contribution in [2.24, 2.45) is 5.73 Å². The van der Waals surface area contributed by atoms with E-state index in [4.69, 9.17) is 5.73 Å². The van der Waals surface area contributed by atoms with E-state index in [0.29, 0.717) is 0 Å². The first-order chi connectivity index (χ1) is 13.2. The maximum absolute atomic E-state index is 11.2. The van der Waals surface area contributed by atoms with Gasteiger partial charge in [-0.2, -0.15) is 0 Å². The molecule has 2 aliphatic rings. The molecular weight excluding hydrogens is 342 g/mol. The summed E-state index contributed by atoms with van der Waals surface area (Å²) in [5.74, 6) is -0.405. The summed E-state index contributed by atoms with van der Waals surface area (Å²) in [6.45, 7) is 9.51. The van der Waals surface area contributed by atoms with Crippen molar-refractivity contribution in [1.29, 1.82) is 0 Å². The number of carbonyl (C=O) groups is 1. The van der Waals surface area contributed by atoms with Crippen LogP contribution in [0, 0.1) is 0 Å². The van der Waals surface area contributed by atoms with Gasteiger partial charge in [-0.1, -0.05) is 70.2 Å². The molecule has 146 valence electrons. The van der Waals surface area contributed by atoms with Crippen LogP contribution in [0.5, 0.6) is 0 Å². The number of hydrogen-bond acceptors (Lipinski definition) is 1. The van der Waals surface area contributed by atoms with Gasteiger partial charge in [0.15, 0.2) is 0 Å². The molecular formula is C26H31NO. The lowest BCUT2D eigenvalue weighted by Gasteiger charge is -2.42. The number of primary amides is 1. The Balaban J connectivity index is 1.82. The highest BCUT2D eigenvalue weighted by molar-refractivity contribution is 5.90. The van der Waals surface area contributed by atoms with E-state index in [0.717, 1.165) is 18.4 Å². The highest BCUT2D eigenvalue weighted by Gasteiger charge is 2.48. The standard InChI is InChI=1S/C26H31NO/c1-24(2)13-14-25(3,4)22-17-19(10-11-21(22)24)26(15-16-26)20-8-6-5-7-18(20)9-12-23(27)28/h5-12,17H,13-16H2,1-4H3,(H2,27,28)/b12-9+. The second-order valence-corrected chi connectivity index (χ2v) is 9.93. The first-order valence-corrected chi connectivity index (χ1v) is 10.4. The van der Waals surface area contributed by atoms with E-state index in [2.05, 4.69) is 64.1 Å². The highest BCUT2D eigenvalue weighted by Crippen LogP contribution is 2.56. The molecule has 0 aromatic heterocycles. The normalized spacial score (nSPS) is 21.3. The van der Waals surface area contributed by atoms with Crippen molar-refractivity contribution in [3.8, 4) is 0 Å². The lowest BCUT2D eigenvalue weighted by molar-refractivity contribution is -0.113. The van der Waals surface area contributed by atoms with Crippen molar-refractivity contribution in [3.63, 3.8) is 0 Å². The topological polar surface area (TPSA) is 43.1 Å². The monoisotopic (exact) mass is 373 g/mol. The Morgan fingerprint density at radius 3 is 2.14 bits per heavy atom. The van der Waals surface area contributed by atoms with Gasteiger partial charge in [-0.05, 0) is 70.4 Å². The summed E-state index contributed by atoms with van der Waals surface area (Å²) in [4.78, 5) is 11.2. The molecule has 1 fully saturated rings. The van der Waals surface area contributed by atoms with Crippen molar-refractivity contribution in [3.05, 3.63) is 76.4 Å². The van der Waals surface area contributed by atoms with Crippen LogP contribution >= 0.6 is 0 Å². The predicted molar refractivity (Wildman–Crippen MR) is 116 cm³/mol. The van der Waals surface area contributed by atoms with Crippen LogP contribution in [0.15, 0.2) is 48.5 Å². The van der Waals surface area contributed by atoms with Gasteiger partial charge in [-0.15, -0.1) is 0 Å². The maximum atomic E-state index is 11.2. The van der Waals surface area contributed by atoms with E-state index in [9.17, 15) is 4.79 Å². The number of amides is 1. The minimum atomic E-state index is -0.405. The van der Waals surface area contributed by atoms with E-state index in [1.54, 1.807) is 0 Å². The van der Waals surface area contributed by atoms with Gasteiger partial charge in [-0.25, -0.2) is 0 Å². The molecule has 0 radical (unpaired) electrons. The molecule has 0 spiro atoms. The SMILES string of the molecule is CC1(C)CCC(C)(C)c2cc(C3(c4ccccc4/C=C/C(N)=O)CC3)ccc21. The molecule has 2 aromatic rings. The van der Waals surface area contributed by atoms with Gasteiger partial charge in [0.2, 0.25) is 5.91 Å². The summed E-state index contributed by atoms with van der Waals surface area (Å²) in [6.07, 6.45) is 8.09. The summed E-state index contributed by atoms with van der Waals surface area (Å²) in [5, 5.41) is 0. The fraction of sp³-hybridized carbons (Fsp3) is 0.423. The van der Waals surface area contributed by atoms with Gasteiger partial charge in [0, 0.05) is 11.5 Å². The minimum absolute atomic E-state index is 0.0608. The van der Waals surface area contributed by atoms with Crippen molar-refractivity contribution in [1.82, 2.24) is 0 Å². The molecule has 1 saturated carbocycles. The second-order valence-electron chi connectivity index (χ2n) is 9.93. The Labute approximate surface area is 168 Å². The summed E-state index contributed by atoms with van der Waals surface area (Å²) >= 11 is 0. The lowest BCUT2D eigenvalue weighted by Crippen LogP contribution is -2.34. The predicted octanol–water partition coefficient (Wildman–Crippen LogP) is 5.61. The summed E-state index contributed by atoms with van der Waals surface area (Å²) in [6, 6.07) is 15.6. The van der Waals surface area contributed by atoms with Gasteiger partial charge >= 0.3 is 0 Å². The van der Waals surface area contributed by atoms with Crippen LogP contribution < -0.4 is 5.73 Å². The van der Waals surface area contributed by atoms with Gasteiger partial charge in [-0.3, -0.25) is 4.79 Å². The van der Waals surface area contributed by atoms with Crippen LogP contribution in [-0.2, 0) is 21.0 Å². The highest BCUT2D eigenvalue weighted by atomic mass is 16.1. The quantitative estimate of drug-likeness (QED) is 0.695. The van der Waals surface area contributed by atoms with Gasteiger partial charge < -0.3 is 5.73 Å². The molecule has 2 aliphatic carbocycles. The second kappa shape index (κ2) is 6.34. The smallest absolute Gasteiger partial charge is 0.241 e. The molecule has 0 bridgehead atoms. The summed E-state index contributed by atoms with van der Waals surface area (Å²) in [7, 11) is 0. The fourth-order valence-corrected chi connectivity index (χ4v) is 4.97. The average molecular weight is 374 g/mol. The van der Waals surface area contributed by atoms with Crippen molar-refractivity contribution in [2.75, 3.05) is 0 Å². The zero-order valence-corrected chi connectivity index (χ0v) is 17.5. The third-order valence-corrected chi connectivity index (χ3v) is 7.06. The van der Waals surface area contributed by atoms with Crippen LogP contribution in [0.25, 0.3) is 6.08 Å². The number of fused-ring (bicyclic) bond motifs is 1. The largest absolute Gasteiger partial charge is 0.366 e. The number of nitrogens with two attached hydrogens (primary N) is 1. The first-order valence-electron chi connectivity index (χ1n) is 10.4. The van der Waals surface area contributed by atoms with E-state index in [-0.39, 0.29) is 16.2 Å². The molecule has 28 heavy (non-hydrogen) atoms. The number of carbonyl (C=O) groups excluding carboxylic acids is 1. The number of rotatable bonds is 4. The van der Waals surface area contributed by atoms with Crippen LogP contribution in [0.1, 0.15) is 81.2 Å². The number of hydrogen-bond donors (Lipinski definition) is 1. The summed E-state index contributed by atoms with van der Waals surface area (Å²) in [5.41, 5.74) is 12.7. The first kappa shape index (κ1) is 19.0. The minimum Gasteiger partial charge on any atom is -0.366 e. The number of benzene rings is 2. The molecule has 2 nitrogen and oxygen atoms in total. The zero-order chi connectivity index (χ0) is 20.2. The van der Waals surface area contributed by atoms with Crippen LogP contribution in [0.2, 0.25) is 0 Å². The molecule has 0 heterocycles. The Bertz CT molecular complexity index is 960. The Kier molecular flexibility index (Phi) is 4.30. The van der Waals surface area contributed by atoms with Crippen LogP contribution in [-0.4, -0.2) is 5.91 Å². The lowest BCUT2D eigenvalue weighted by atomic mass is 9.62. The molecule has 0 saturated heterocycles. The van der Waals surface area contributed by atoms with Gasteiger partial charge in [0.1, 0.15) is 0 Å². The maximum Gasteiger partial charge on any atom is 0.241 e. The van der Waals surface area contributed by atoms with Crippen LogP contribution in [0.3, 0.4) is 0 Å². The Morgan fingerprint density at radius 2 is 1.50 bits per heavy atom. The van der Waals surface area contributed by atoms with E-state index in [1.807, 2.05) is 12.1 Å². The fourth-order valence-electron chi connectivity index (χ4n) is 4.97. The summed E-state index contributed by atoms with van der Waals surface area (Å²) < 4.78 is 0. The molecule has 0 unspecified atom stereocenters. The van der Waals surface area contributed by atoms with E-state index >= 15 is 0 Å². The van der Waals surface area contributed by atoms with E-state index < -0.39 is 5.91 Å². The molecule has 2 N–H and O–H groups in total. The van der Waals surface area contributed by atoms with Gasteiger partial charge in [0.05, 0.1) is 0 Å². The zero-order valence-electron chi connectivity index (χ0n) is 17.5. The molecule has 0 atom stereocenters. The van der Waals surface area contributed by atoms with Gasteiger partial charge in [0.25, 0.3) is 0 Å². The molecule has 1 amide bonds. The van der Waals surface area contributed by atoms with Crippen molar-refractivity contribution >= 4 is 12.0 Å².